The first-order valence-electron chi connectivity index (χ1n) is 9.08. The zero-order valence-corrected chi connectivity index (χ0v) is 14.7. The smallest absolute Gasteiger partial charge is 0.233 e. The van der Waals surface area contributed by atoms with Gasteiger partial charge in [-0.25, -0.2) is 6.57 Å². The maximum Gasteiger partial charge on any atom is 0.233 e. The van der Waals surface area contributed by atoms with Gasteiger partial charge in [0.05, 0.1) is 0 Å². The molecule has 3 saturated carbocycles. The first-order valence-corrected chi connectivity index (χ1v) is 9.08. The van der Waals surface area contributed by atoms with Crippen molar-refractivity contribution in [1.82, 2.24) is 0 Å². The van der Waals surface area contributed by atoms with E-state index in [4.69, 9.17) is 6.57 Å². The number of nitrogens with zero attached hydrogens (tertiary/aromatic N) is 1. The van der Waals surface area contributed by atoms with Crippen molar-refractivity contribution in [1.29, 1.82) is 0 Å². The summed E-state index contributed by atoms with van der Waals surface area (Å²) in [6, 6.07) is 0. The van der Waals surface area contributed by atoms with Gasteiger partial charge in [-0.1, -0.05) is 30.7 Å². The lowest BCUT2D eigenvalue weighted by Gasteiger charge is -2.57. The molecule has 0 aromatic heterocycles. The average Bonchev–Trinajstić information content (AvgIpc) is 2.45. The van der Waals surface area contributed by atoms with Crippen LogP contribution in [-0.4, -0.2) is 5.54 Å². The van der Waals surface area contributed by atoms with Crippen molar-refractivity contribution in [2.24, 2.45) is 35.5 Å². The molecule has 0 aliphatic heterocycles. The average molecular weight is 297 g/mol. The van der Waals surface area contributed by atoms with Gasteiger partial charge in [0.2, 0.25) is 5.54 Å². The molecule has 0 N–H and O–H groups in total. The molecule has 3 fully saturated rings. The molecular formula is C21H31N. The normalized spacial score (nSPS) is 47.3. The zero-order valence-electron chi connectivity index (χ0n) is 14.7. The highest BCUT2D eigenvalue weighted by molar-refractivity contribution is 5.22. The van der Waals surface area contributed by atoms with E-state index in [0.29, 0.717) is 23.7 Å². The van der Waals surface area contributed by atoms with Crippen molar-refractivity contribution in [2.45, 2.75) is 65.3 Å². The highest BCUT2D eigenvalue weighted by Crippen LogP contribution is 2.61. The molecule has 0 spiro atoms. The molecule has 3 aliphatic carbocycles. The predicted molar refractivity (Wildman–Crippen MR) is 93.3 cm³/mol. The first kappa shape index (κ1) is 15.9. The monoisotopic (exact) mass is 297 g/mol. The third kappa shape index (κ3) is 2.36. The van der Waals surface area contributed by atoms with E-state index in [-0.39, 0.29) is 5.54 Å². The molecule has 0 unspecified atom stereocenters. The van der Waals surface area contributed by atoms with Crippen LogP contribution in [0.1, 0.15) is 59.8 Å². The first-order chi connectivity index (χ1) is 10.4. The van der Waals surface area contributed by atoms with Crippen LogP contribution in [0, 0.1) is 42.1 Å². The Bertz CT molecular complexity index is 533. The summed E-state index contributed by atoms with van der Waals surface area (Å²) in [7, 11) is 0. The van der Waals surface area contributed by atoms with Gasteiger partial charge in [0.1, 0.15) is 0 Å². The number of allylic oxidation sites excluding steroid dienone is 3. The van der Waals surface area contributed by atoms with Gasteiger partial charge in [-0.05, 0) is 69.1 Å². The standard InChI is InChI=1S/C21H31N/c1-13(2)11-16-12-15(4)17-9-10-21(5,22-6)18-8-7-14(3)19(16)20(17)18/h11,15-20H,3,7-10,12H2,1-2,4-5H3/t15-,16+,17+,18-,19-,20+,21-/m0/s1. The van der Waals surface area contributed by atoms with Gasteiger partial charge in [-0.15, -0.1) is 0 Å². The second-order valence-electron chi connectivity index (χ2n) is 8.70. The Morgan fingerprint density at radius 1 is 1.36 bits per heavy atom. The Morgan fingerprint density at radius 3 is 2.73 bits per heavy atom. The van der Waals surface area contributed by atoms with Crippen molar-refractivity contribution in [3.8, 4) is 0 Å². The Morgan fingerprint density at radius 2 is 2.09 bits per heavy atom. The molecule has 1 heteroatoms. The van der Waals surface area contributed by atoms with Crippen molar-refractivity contribution in [3.63, 3.8) is 0 Å². The number of rotatable bonds is 1. The highest BCUT2D eigenvalue weighted by Gasteiger charge is 2.59. The van der Waals surface area contributed by atoms with Crippen molar-refractivity contribution < 1.29 is 0 Å². The van der Waals surface area contributed by atoms with Gasteiger partial charge in [-0.3, -0.25) is 0 Å². The van der Waals surface area contributed by atoms with Crippen molar-refractivity contribution in [3.05, 3.63) is 35.2 Å². The molecule has 120 valence electrons. The minimum atomic E-state index is -0.118. The number of hydrogen-bond donors (Lipinski definition) is 0. The molecule has 3 rings (SSSR count). The SMILES string of the molecule is [C-]#[N+][C@@]1(C)CC[C@H]2[C@H]3[C@@H](C(=C)CC[C@@H]31)[C@H](C=C(C)C)C[C@@H]2C. The highest BCUT2D eigenvalue weighted by atomic mass is 14.8. The van der Waals surface area contributed by atoms with Crippen LogP contribution in [0.15, 0.2) is 23.8 Å². The van der Waals surface area contributed by atoms with E-state index >= 15 is 0 Å². The summed E-state index contributed by atoms with van der Waals surface area (Å²) < 4.78 is 0. The zero-order chi connectivity index (χ0) is 16.1. The van der Waals surface area contributed by atoms with Crippen LogP contribution in [0.2, 0.25) is 0 Å². The van der Waals surface area contributed by atoms with Gasteiger partial charge >= 0.3 is 0 Å². The molecule has 0 saturated heterocycles. The van der Waals surface area contributed by atoms with E-state index in [2.05, 4.69) is 45.2 Å². The second-order valence-corrected chi connectivity index (χ2v) is 8.70. The van der Waals surface area contributed by atoms with Crippen LogP contribution in [0.5, 0.6) is 0 Å². The van der Waals surface area contributed by atoms with E-state index in [1.165, 1.54) is 30.4 Å². The van der Waals surface area contributed by atoms with Gasteiger partial charge in [0.25, 0.3) is 0 Å². The quantitative estimate of drug-likeness (QED) is 0.419. The fourth-order valence-corrected chi connectivity index (χ4v) is 6.09. The van der Waals surface area contributed by atoms with E-state index in [9.17, 15) is 0 Å². The third-order valence-corrected chi connectivity index (χ3v) is 7.04. The minimum Gasteiger partial charge on any atom is -0.310 e. The Labute approximate surface area is 136 Å². The van der Waals surface area contributed by atoms with Gasteiger partial charge in [0, 0.05) is 19.3 Å². The van der Waals surface area contributed by atoms with E-state index in [0.717, 1.165) is 24.7 Å². The lowest BCUT2D eigenvalue weighted by Crippen LogP contribution is -2.54. The van der Waals surface area contributed by atoms with Crippen LogP contribution >= 0.6 is 0 Å². The second kappa shape index (κ2) is 5.55. The molecule has 7 atom stereocenters. The van der Waals surface area contributed by atoms with Gasteiger partial charge < -0.3 is 4.85 Å². The summed E-state index contributed by atoms with van der Waals surface area (Å²) in [5, 5.41) is 0. The van der Waals surface area contributed by atoms with Gasteiger partial charge in [-0.2, -0.15) is 0 Å². The fourth-order valence-electron chi connectivity index (χ4n) is 6.09. The molecule has 1 nitrogen and oxygen atoms in total. The summed E-state index contributed by atoms with van der Waals surface area (Å²) in [4.78, 5) is 4.13. The molecule has 0 amide bonds. The lowest BCUT2D eigenvalue weighted by atomic mass is 9.46. The van der Waals surface area contributed by atoms with Crippen LogP contribution < -0.4 is 0 Å². The Balaban J connectivity index is 2.02. The summed E-state index contributed by atoms with van der Waals surface area (Å²) in [5.74, 6) is 4.21. The number of hydrogen-bond acceptors (Lipinski definition) is 0. The van der Waals surface area contributed by atoms with Crippen molar-refractivity contribution in [2.75, 3.05) is 0 Å². The van der Waals surface area contributed by atoms with Crippen LogP contribution in [-0.2, 0) is 0 Å². The largest absolute Gasteiger partial charge is 0.310 e. The van der Waals surface area contributed by atoms with E-state index < -0.39 is 0 Å². The molecule has 0 bridgehead atoms. The summed E-state index contributed by atoms with van der Waals surface area (Å²) in [6.45, 7) is 21.4. The van der Waals surface area contributed by atoms with Crippen LogP contribution in [0.3, 0.4) is 0 Å². The molecule has 0 radical (unpaired) electrons. The van der Waals surface area contributed by atoms with Crippen molar-refractivity contribution >= 4 is 0 Å². The molecule has 3 aliphatic rings. The molecule has 0 heterocycles. The molecule has 0 aromatic rings. The van der Waals surface area contributed by atoms with E-state index in [1.54, 1.807) is 0 Å². The molecular weight excluding hydrogens is 266 g/mol. The summed E-state index contributed by atoms with van der Waals surface area (Å²) in [6.07, 6.45) is 8.53. The maximum absolute atomic E-state index is 7.78. The minimum absolute atomic E-state index is 0.118. The summed E-state index contributed by atoms with van der Waals surface area (Å²) in [5.41, 5.74) is 2.80. The lowest BCUT2D eigenvalue weighted by molar-refractivity contribution is -0.0389. The fraction of sp³-hybridized carbons (Fsp3) is 0.762. The van der Waals surface area contributed by atoms with Crippen LogP contribution in [0.25, 0.3) is 4.85 Å². The predicted octanol–water partition coefficient (Wildman–Crippen LogP) is 5.90. The molecule has 0 aromatic carbocycles. The Kier molecular flexibility index (Phi) is 4.00. The Hall–Kier alpha value is -1.03. The van der Waals surface area contributed by atoms with Gasteiger partial charge in [0.15, 0.2) is 0 Å². The van der Waals surface area contributed by atoms with E-state index in [1.807, 2.05) is 0 Å². The summed E-state index contributed by atoms with van der Waals surface area (Å²) >= 11 is 0. The van der Waals surface area contributed by atoms with Crippen LogP contribution in [0.4, 0.5) is 0 Å². The molecule has 22 heavy (non-hydrogen) atoms. The third-order valence-electron chi connectivity index (χ3n) is 7.04. The topological polar surface area (TPSA) is 4.36 Å². The maximum atomic E-state index is 7.78.